The van der Waals surface area contributed by atoms with E-state index in [1.807, 2.05) is 43.3 Å². The molecule has 1 unspecified atom stereocenters. The lowest BCUT2D eigenvalue weighted by Crippen LogP contribution is -2.44. The second-order valence-corrected chi connectivity index (χ2v) is 17.1. The Labute approximate surface area is 259 Å². The van der Waals surface area contributed by atoms with Gasteiger partial charge in [-0.2, -0.15) is 0 Å². The summed E-state index contributed by atoms with van der Waals surface area (Å²) in [4.78, 5) is 44.7. The minimum Gasteiger partial charge on any atom is -0.394 e. The third-order valence-electron chi connectivity index (χ3n) is 10.1. The van der Waals surface area contributed by atoms with E-state index in [9.17, 15) is 19.5 Å². The van der Waals surface area contributed by atoms with Crippen LogP contribution < -0.4 is 15.5 Å². The Morgan fingerprint density at radius 1 is 1.16 bits per heavy atom. The van der Waals surface area contributed by atoms with Crippen molar-refractivity contribution >= 4 is 43.2 Å². The van der Waals surface area contributed by atoms with Crippen molar-refractivity contribution in [2.45, 2.75) is 75.4 Å². The van der Waals surface area contributed by atoms with Crippen LogP contribution in [0.4, 0.5) is 21.2 Å². The molecule has 0 bridgehead atoms. The van der Waals surface area contributed by atoms with E-state index in [1.54, 1.807) is 35.0 Å². The van der Waals surface area contributed by atoms with Crippen LogP contribution in [0.3, 0.4) is 0 Å². The zero-order valence-electron chi connectivity index (χ0n) is 25.7. The average molecular weight is 623 g/mol. The van der Waals surface area contributed by atoms with Crippen LogP contribution in [-0.2, 0) is 24.7 Å². The van der Waals surface area contributed by atoms with E-state index in [0.29, 0.717) is 35.7 Å². The molecule has 2 aromatic carbocycles. The van der Waals surface area contributed by atoms with Crippen molar-refractivity contribution in [1.29, 1.82) is 0 Å². The molecule has 6 atom stereocenters. The number of aliphatic hydroxyl groups excluding tert-OH is 1. The first kappa shape index (κ1) is 30.9. The topological polar surface area (TPSA) is 111 Å². The van der Waals surface area contributed by atoms with Crippen LogP contribution in [0.25, 0.3) is 0 Å². The van der Waals surface area contributed by atoms with Crippen molar-refractivity contribution in [3.8, 4) is 0 Å². The second kappa shape index (κ2) is 12.0. The number of nitrogens with one attached hydrogen (secondary N) is 2. The Balaban J connectivity index is 1.40. The number of likely N-dealkylation sites (tertiary alicyclic amines) is 1. The van der Waals surface area contributed by atoms with E-state index in [1.165, 1.54) is 0 Å². The summed E-state index contributed by atoms with van der Waals surface area (Å²) in [6, 6.07) is 14.4. The molecule has 3 N–H and O–H groups in total. The number of piperidine rings is 1. The monoisotopic (exact) mass is 622 g/mol. The van der Waals surface area contributed by atoms with Gasteiger partial charge < -0.3 is 29.5 Å². The van der Waals surface area contributed by atoms with E-state index in [4.69, 9.17) is 4.74 Å². The number of rotatable bonds is 7. The molecule has 0 radical (unpaired) electrons. The van der Waals surface area contributed by atoms with Crippen LogP contribution >= 0.6 is 0 Å². The number of benzene rings is 2. The maximum absolute atomic E-state index is 16.3. The van der Waals surface area contributed by atoms with Crippen molar-refractivity contribution in [3.63, 3.8) is 0 Å². The number of anilines is 3. The SMILES string of the molecule is C[C@@H]1[C@@H]([Si](C)(C)F)[C@H](CC(=O)N2CCC[C@H]2CO)O[C@@]12C(=O)N(c1ccccc1)c1ccc(NC(=O)C3CCCNC3)cc12. The summed E-state index contributed by atoms with van der Waals surface area (Å²) in [5.74, 6) is -1.32. The number of aliphatic hydroxyl groups is 1. The molecule has 0 saturated carbocycles. The van der Waals surface area contributed by atoms with E-state index >= 15 is 4.11 Å². The van der Waals surface area contributed by atoms with Crippen molar-refractivity contribution < 1.29 is 28.3 Å². The van der Waals surface area contributed by atoms with Gasteiger partial charge in [0.05, 0.1) is 36.8 Å². The summed E-state index contributed by atoms with van der Waals surface area (Å²) in [5.41, 5.74) is 0.229. The lowest BCUT2D eigenvalue weighted by Gasteiger charge is -2.31. The summed E-state index contributed by atoms with van der Waals surface area (Å²) in [6.07, 6.45) is 2.38. The van der Waals surface area contributed by atoms with E-state index in [2.05, 4.69) is 10.6 Å². The highest BCUT2D eigenvalue weighted by atomic mass is 28.4. The summed E-state index contributed by atoms with van der Waals surface area (Å²) >= 11 is 0. The molecule has 3 saturated heterocycles. The molecule has 44 heavy (non-hydrogen) atoms. The van der Waals surface area contributed by atoms with Crippen molar-refractivity contribution in [3.05, 3.63) is 54.1 Å². The Bertz CT molecular complexity index is 1410. The van der Waals surface area contributed by atoms with Crippen LogP contribution in [0.5, 0.6) is 0 Å². The van der Waals surface area contributed by atoms with E-state index in [-0.39, 0.29) is 42.7 Å². The number of hydrogen-bond donors (Lipinski definition) is 3. The first-order valence-corrected chi connectivity index (χ1v) is 18.8. The van der Waals surface area contributed by atoms with Gasteiger partial charge in [-0.25, -0.2) is 0 Å². The smallest absolute Gasteiger partial charge is 0.268 e. The highest BCUT2D eigenvalue weighted by Gasteiger charge is 2.67. The quantitative estimate of drug-likeness (QED) is 0.311. The fourth-order valence-corrected chi connectivity index (χ4v) is 10.5. The zero-order valence-corrected chi connectivity index (χ0v) is 26.7. The Morgan fingerprint density at radius 2 is 1.93 bits per heavy atom. The highest BCUT2D eigenvalue weighted by Crippen LogP contribution is 2.61. The first-order chi connectivity index (χ1) is 21.1. The van der Waals surface area contributed by atoms with Gasteiger partial charge in [0.25, 0.3) is 5.91 Å². The molecular weight excluding hydrogens is 579 g/mol. The van der Waals surface area contributed by atoms with Gasteiger partial charge in [-0.15, -0.1) is 0 Å². The normalized spacial score (nSPS) is 30.2. The lowest BCUT2D eigenvalue weighted by atomic mass is 9.82. The maximum atomic E-state index is 16.3. The molecule has 3 amide bonds. The molecule has 1 spiro atoms. The number of carbonyl (C=O) groups is 3. The average Bonchev–Trinajstić information content (AvgIpc) is 3.67. The van der Waals surface area contributed by atoms with E-state index in [0.717, 1.165) is 32.2 Å². The van der Waals surface area contributed by atoms with Gasteiger partial charge in [-0.05, 0) is 75.7 Å². The Morgan fingerprint density at radius 3 is 2.61 bits per heavy atom. The Hall–Kier alpha value is -3.12. The molecule has 4 aliphatic rings. The second-order valence-electron chi connectivity index (χ2n) is 13.3. The van der Waals surface area contributed by atoms with Crippen LogP contribution in [0, 0.1) is 11.8 Å². The summed E-state index contributed by atoms with van der Waals surface area (Å²) in [7, 11) is -3.48. The van der Waals surface area contributed by atoms with Gasteiger partial charge >= 0.3 is 0 Å². The molecule has 0 aliphatic carbocycles. The molecule has 4 heterocycles. The minimum absolute atomic E-state index is 0.0628. The summed E-state index contributed by atoms with van der Waals surface area (Å²) < 4.78 is 23.1. The largest absolute Gasteiger partial charge is 0.394 e. The molecule has 4 aliphatic heterocycles. The van der Waals surface area contributed by atoms with Crippen LogP contribution in [0.15, 0.2) is 48.5 Å². The number of ether oxygens (including phenoxy) is 1. The number of amides is 3. The van der Waals surface area contributed by atoms with Gasteiger partial charge in [0, 0.05) is 41.5 Å². The van der Waals surface area contributed by atoms with Gasteiger partial charge in [0.15, 0.2) is 5.60 Å². The standard InChI is InChI=1S/C33H43FN4O5Si/c1-21-30(44(2,3)34)28(18-29(40)37-16-8-12-25(37)20-39)43-33(21)26-17-23(36-31(41)22-9-7-15-35-19-22)13-14-27(26)38(32(33)42)24-10-5-4-6-11-24/h4-6,10-11,13-14,17,21-22,25,28,30,35,39H,7-9,12,15-16,18-20H2,1-3H3,(H,36,41)/t21-,22?,25+,28+,30-,33+/m1/s1. The maximum Gasteiger partial charge on any atom is 0.268 e. The fourth-order valence-electron chi connectivity index (χ4n) is 8.05. The van der Waals surface area contributed by atoms with Crippen LogP contribution in [0.1, 0.15) is 44.6 Å². The predicted molar refractivity (Wildman–Crippen MR) is 169 cm³/mol. The van der Waals surface area contributed by atoms with Gasteiger partial charge in [-0.1, -0.05) is 25.1 Å². The number of hydrogen-bond acceptors (Lipinski definition) is 6. The molecule has 236 valence electrons. The lowest BCUT2D eigenvalue weighted by molar-refractivity contribution is -0.149. The third-order valence-corrected chi connectivity index (χ3v) is 12.6. The molecule has 0 aromatic heterocycles. The molecule has 2 aromatic rings. The predicted octanol–water partition coefficient (Wildman–Crippen LogP) is 4.45. The summed E-state index contributed by atoms with van der Waals surface area (Å²) in [6.45, 7) is 7.04. The van der Waals surface area contributed by atoms with Crippen molar-refractivity contribution in [1.82, 2.24) is 10.2 Å². The van der Waals surface area contributed by atoms with Gasteiger partial charge in [0.2, 0.25) is 20.2 Å². The molecule has 3 fully saturated rings. The fraction of sp³-hybridized carbons (Fsp3) is 0.545. The minimum atomic E-state index is -3.48. The molecule has 6 rings (SSSR count). The third kappa shape index (κ3) is 5.27. The number of fused-ring (bicyclic) bond motifs is 2. The van der Waals surface area contributed by atoms with Crippen molar-refractivity contribution in [2.24, 2.45) is 11.8 Å². The number of halogens is 1. The van der Waals surface area contributed by atoms with Gasteiger partial charge in [0.1, 0.15) is 0 Å². The molecular formula is C33H43FN4O5Si. The van der Waals surface area contributed by atoms with Crippen LogP contribution in [-0.4, -0.2) is 74.5 Å². The highest BCUT2D eigenvalue weighted by molar-refractivity contribution is 6.72. The van der Waals surface area contributed by atoms with Crippen LogP contribution in [0.2, 0.25) is 18.6 Å². The van der Waals surface area contributed by atoms with Gasteiger partial charge in [-0.3, -0.25) is 19.3 Å². The molecule has 11 heteroatoms. The van der Waals surface area contributed by atoms with E-state index < -0.39 is 31.6 Å². The zero-order chi connectivity index (χ0) is 31.2. The summed E-state index contributed by atoms with van der Waals surface area (Å²) in [5, 5.41) is 16.2. The number of carbonyl (C=O) groups excluding carboxylic acids is 3. The first-order valence-electron chi connectivity index (χ1n) is 15.9. The Kier molecular flexibility index (Phi) is 8.42. The molecule has 9 nitrogen and oxygen atoms in total. The number of nitrogens with zero attached hydrogens (tertiary/aromatic N) is 2. The number of para-hydroxylation sites is 1. The van der Waals surface area contributed by atoms with Crippen molar-refractivity contribution in [2.75, 3.05) is 36.5 Å².